The smallest absolute Gasteiger partial charge is 0.211 e. The molecule has 0 amide bonds. The normalized spacial score (nSPS) is 13.9. The molecule has 0 N–H and O–H groups in total. The number of hydrogen-bond acceptors (Lipinski definition) is 3. The minimum Gasteiger partial charge on any atom is -0.452 e. The molecule has 3 aromatic rings. The highest BCUT2D eigenvalue weighted by molar-refractivity contribution is 6.05. The van der Waals surface area contributed by atoms with Gasteiger partial charge in [0, 0.05) is 43.1 Å². The summed E-state index contributed by atoms with van der Waals surface area (Å²) < 4.78 is 9.11. The number of fused-ring (bicyclic) bond motifs is 4. The molecule has 0 aromatic heterocycles. The summed E-state index contributed by atoms with van der Waals surface area (Å²) in [7, 11) is 0. The summed E-state index contributed by atoms with van der Waals surface area (Å²) in [6.45, 7) is 8.47. The van der Waals surface area contributed by atoms with Gasteiger partial charge in [0.05, 0.1) is 11.5 Å². The predicted molar refractivity (Wildman–Crippen MR) is 141 cm³/mol. The molecule has 0 saturated carbocycles. The van der Waals surface area contributed by atoms with Crippen LogP contribution in [0.4, 0.5) is 5.69 Å². The van der Waals surface area contributed by atoms with E-state index in [0.717, 1.165) is 48.7 Å². The third kappa shape index (κ3) is 3.45. The summed E-state index contributed by atoms with van der Waals surface area (Å²) in [5.41, 5.74) is 6.23. The Hall–Kier alpha value is -3.66. The first kappa shape index (κ1) is 20.9. The second kappa shape index (κ2) is 8.60. The Labute approximate surface area is 200 Å². The molecule has 3 aromatic carbocycles. The molecule has 0 spiro atoms. The van der Waals surface area contributed by atoms with Crippen LogP contribution in [0.25, 0.3) is 44.5 Å². The lowest BCUT2D eigenvalue weighted by Crippen LogP contribution is -2.28. The Bertz CT molecular complexity index is 1520. The Balaban J connectivity index is 1.72. The van der Waals surface area contributed by atoms with E-state index < -0.39 is 0 Å². The van der Waals surface area contributed by atoms with Crippen molar-refractivity contribution in [2.75, 3.05) is 31.1 Å². The third-order valence-electron chi connectivity index (χ3n) is 7.13. The van der Waals surface area contributed by atoms with E-state index >= 15 is 0 Å². The molecule has 1 saturated heterocycles. The number of anilines is 1. The van der Waals surface area contributed by atoms with Gasteiger partial charge in [0.25, 0.3) is 0 Å². The number of rotatable bonds is 4. The molecule has 170 valence electrons. The average molecular weight is 449 g/mol. The van der Waals surface area contributed by atoms with E-state index in [9.17, 15) is 0 Å². The summed E-state index contributed by atoms with van der Waals surface area (Å²) in [5, 5.41) is 3.67. The maximum absolute atomic E-state index is 6.61. The van der Waals surface area contributed by atoms with Crippen LogP contribution in [0, 0.1) is 0 Å². The van der Waals surface area contributed by atoms with Crippen molar-refractivity contribution in [3.05, 3.63) is 78.2 Å². The standard InChI is InChI=1S/C30H30N3O/c1-3-32(4-2)22-15-16-25-27(19-22)34-28-20-26(33-17-8-9-18-33)24-14-10-13-23(29(24)30(28)31-25)21-11-6-5-7-12-21/h5-7,10-16,19-20H,3-4,8-9,17-18H2,1-2H3/q+1. The highest BCUT2D eigenvalue weighted by Crippen LogP contribution is 2.37. The van der Waals surface area contributed by atoms with E-state index in [1.54, 1.807) is 0 Å². The minimum atomic E-state index is 0.834. The second-order valence-corrected chi connectivity index (χ2v) is 9.07. The molecule has 3 aliphatic rings. The largest absolute Gasteiger partial charge is 0.452 e. The first-order chi connectivity index (χ1) is 16.8. The van der Waals surface area contributed by atoms with E-state index in [1.807, 2.05) is 0 Å². The fourth-order valence-electron chi connectivity index (χ4n) is 5.38. The molecule has 1 aliphatic carbocycles. The van der Waals surface area contributed by atoms with Crippen LogP contribution >= 0.6 is 0 Å². The molecular weight excluding hydrogens is 418 g/mol. The Morgan fingerprint density at radius 1 is 0.882 bits per heavy atom. The number of aromatic nitrogens is 1. The molecule has 4 nitrogen and oxygen atoms in total. The first-order valence-electron chi connectivity index (χ1n) is 12.5. The van der Waals surface area contributed by atoms with Gasteiger partial charge in [0.15, 0.2) is 11.3 Å². The lowest BCUT2D eigenvalue weighted by molar-refractivity contribution is 0.610. The van der Waals surface area contributed by atoms with Crippen molar-refractivity contribution in [2.24, 2.45) is 0 Å². The Morgan fingerprint density at radius 3 is 2.44 bits per heavy atom. The van der Waals surface area contributed by atoms with E-state index in [-0.39, 0.29) is 0 Å². The van der Waals surface area contributed by atoms with Gasteiger partial charge >= 0.3 is 0 Å². The van der Waals surface area contributed by atoms with E-state index in [0.29, 0.717) is 0 Å². The fourth-order valence-corrected chi connectivity index (χ4v) is 5.38. The van der Waals surface area contributed by atoms with Gasteiger partial charge in [-0.15, -0.1) is 0 Å². The van der Waals surface area contributed by atoms with Gasteiger partial charge in [0.2, 0.25) is 5.36 Å². The lowest BCUT2D eigenvalue weighted by Gasteiger charge is -2.21. The number of nitrogens with zero attached hydrogens (tertiary/aromatic N) is 3. The van der Waals surface area contributed by atoms with Crippen molar-refractivity contribution < 1.29 is 4.42 Å². The molecule has 0 radical (unpaired) electrons. The van der Waals surface area contributed by atoms with Crippen LogP contribution in [-0.4, -0.2) is 31.2 Å². The van der Waals surface area contributed by atoms with Crippen molar-refractivity contribution in [3.63, 3.8) is 0 Å². The summed E-state index contributed by atoms with van der Waals surface area (Å²) in [4.78, 5) is 7.52. The third-order valence-corrected chi connectivity index (χ3v) is 7.13. The van der Waals surface area contributed by atoms with Crippen molar-refractivity contribution in [2.45, 2.75) is 26.7 Å². The van der Waals surface area contributed by atoms with Gasteiger partial charge in [-0.05, 0) is 43.2 Å². The van der Waals surface area contributed by atoms with Gasteiger partial charge in [-0.1, -0.05) is 42.5 Å². The zero-order valence-corrected chi connectivity index (χ0v) is 19.9. The topological polar surface area (TPSA) is 32.3 Å². The van der Waals surface area contributed by atoms with Gasteiger partial charge < -0.3 is 9.32 Å². The molecular formula is C30H30N3O+. The summed E-state index contributed by atoms with van der Waals surface area (Å²) in [6.07, 6.45) is 2.47. The summed E-state index contributed by atoms with van der Waals surface area (Å²) in [5.74, 6) is 0.849. The molecule has 2 heterocycles. The molecule has 0 bridgehead atoms. The van der Waals surface area contributed by atoms with Crippen molar-refractivity contribution in [1.82, 2.24) is 9.56 Å². The van der Waals surface area contributed by atoms with E-state index in [2.05, 4.69) is 96.1 Å². The molecule has 0 unspecified atom stereocenters. The molecule has 1 fully saturated rings. The monoisotopic (exact) mass is 448 g/mol. The molecule has 6 rings (SSSR count). The highest BCUT2D eigenvalue weighted by Gasteiger charge is 2.23. The predicted octanol–water partition coefficient (Wildman–Crippen LogP) is 6.17. The van der Waals surface area contributed by atoms with E-state index in [1.165, 1.54) is 45.8 Å². The van der Waals surface area contributed by atoms with Gasteiger partial charge in [-0.3, -0.25) is 0 Å². The highest BCUT2D eigenvalue weighted by atomic mass is 16.3. The van der Waals surface area contributed by atoms with Crippen molar-refractivity contribution >= 4 is 27.6 Å². The van der Waals surface area contributed by atoms with Crippen molar-refractivity contribution in [1.29, 1.82) is 0 Å². The molecule has 2 aliphatic heterocycles. The number of hydrogen-bond donors (Lipinski definition) is 0. The van der Waals surface area contributed by atoms with Crippen LogP contribution in [0.15, 0.2) is 77.2 Å². The zero-order chi connectivity index (χ0) is 23.1. The van der Waals surface area contributed by atoms with E-state index in [4.69, 9.17) is 9.40 Å². The van der Waals surface area contributed by atoms with Gasteiger partial charge in [0.1, 0.15) is 24.3 Å². The van der Waals surface area contributed by atoms with Crippen LogP contribution in [0.1, 0.15) is 26.7 Å². The molecule has 4 heteroatoms. The maximum Gasteiger partial charge on any atom is 0.211 e. The van der Waals surface area contributed by atoms with Crippen LogP contribution in [0.3, 0.4) is 0 Å². The van der Waals surface area contributed by atoms with Crippen molar-refractivity contribution in [3.8, 4) is 22.6 Å². The first-order valence-corrected chi connectivity index (χ1v) is 12.5. The SMILES string of the molecule is CCN(CC)c1ccc2nc3c4c(-c5ccccc5)cccc4c(=[N+]4CCCC4)cc-3oc2c1. The lowest BCUT2D eigenvalue weighted by atomic mass is 9.94. The van der Waals surface area contributed by atoms with Crippen LogP contribution in [0.5, 0.6) is 0 Å². The summed E-state index contributed by atoms with van der Waals surface area (Å²) in [6, 6.07) is 25.8. The second-order valence-electron chi connectivity index (χ2n) is 9.07. The zero-order valence-electron chi connectivity index (χ0n) is 19.9. The summed E-state index contributed by atoms with van der Waals surface area (Å²) >= 11 is 0. The van der Waals surface area contributed by atoms with Crippen LogP contribution < -0.4 is 14.8 Å². The van der Waals surface area contributed by atoms with Crippen LogP contribution in [-0.2, 0) is 0 Å². The maximum atomic E-state index is 6.61. The Morgan fingerprint density at radius 2 is 1.68 bits per heavy atom. The van der Waals surface area contributed by atoms with Crippen LogP contribution in [0.2, 0.25) is 0 Å². The van der Waals surface area contributed by atoms with Gasteiger partial charge in [-0.25, -0.2) is 9.56 Å². The Kier molecular flexibility index (Phi) is 5.29. The van der Waals surface area contributed by atoms with Gasteiger partial charge in [-0.2, -0.15) is 0 Å². The number of benzene rings is 4. The quantitative estimate of drug-likeness (QED) is 0.187. The molecule has 34 heavy (non-hydrogen) atoms. The fraction of sp³-hybridized carbons (Fsp3) is 0.267. The minimum absolute atomic E-state index is 0.834. The molecule has 0 atom stereocenters. The average Bonchev–Trinajstić information content (AvgIpc) is 3.43.